The maximum absolute atomic E-state index is 11.4. The molecular formula is C16H24OSi. The number of carbonyl (C=O) groups excluding carboxylic acids is 1. The highest BCUT2D eigenvalue weighted by Crippen LogP contribution is 2.43. The van der Waals surface area contributed by atoms with E-state index in [1.807, 2.05) is 18.2 Å². The number of rotatable bonds is 4. The van der Waals surface area contributed by atoms with Crippen molar-refractivity contribution in [2.45, 2.75) is 44.4 Å². The molecule has 0 radical (unpaired) electrons. The van der Waals surface area contributed by atoms with Gasteiger partial charge >= 0.3 is 0 Å². The SMILES string of the molecule is CC(C)(C)[Si](C)(C)C(C=O)/C=C/c1ccccc1. The molecule has 0 saturated carbocycles. The van der Waals surface area contributed by atoms with Crippen molar-refractivity contribution < 1.29 is 4.79 Å². The normalized spacial score (nSPS) is 14.7. The van der Waals surface area contributed by atoms with Crippen molar-refractivity contribution in [2.75, 3.05) is 0 Å². The zero-order valence-corrected chi connectivity index (χ0v) is 13.1. The van der Waals surface area contributed by atoms with Gasteiger partial charge in [0.1, 0.15) is 6.29 Å². The molecule has 1 unspecified atom stereocenters. The summed E-state index contributed by atoms with van der Waals surface area (Å²) in [6, 6.07) is 10.2. The first-order chi connectivity index (χ1) is 8.29. The number of hydrogen-bond donors (Lipinski definition) is 0. The van der Waals surface area contributed by atoms with Crippen molar-refractivity contribution in [3.63, 3.8) is 0 Å². The molecule has 0 spiro atoms. The summed E-state index contributed by atoms with van der Waals surface area (Å²) in [6.07, 6.45) is 5.27. The van der Waals surface area contributed by atoms with Crippen molar-refractivity contribution in [3.05, 3.63) is 42.0 Å². The highest BCUT2D eigenvalue weighted by molar-refractivity contribution is 6.84. The molecule has 0 heterocycles. The van der Waals surface area contributed by atoms with Crippen molar-refractivity contribution in [1.29, 1.82) is 0 Å². The summed E-state index contributed by atoms with van der Waals surface area (Å²) >= 11 is 0. The summed E-state index contributed by atoms with van der Waals surface area (Å²) in [5.41, 5.74) is 1.22. The van der Waals surface area contributed by atoms with Gasteiger partial charge in [0.15, 0.2) is 0 Å². The first-order valence-corrected chi connectivity index (χ1v) is 9.55. The highest BCUT2D eigenvalue weighted by atomic mass is 28.3. The van der Waals surface area contributed by atoms with Crippen LogP contribution in [0.15, 0.2) is 36.4 Å². The molecule has 0 saturated heterocycles. The second-order valence-electron chi connectivity index (χ2n) is 6.40. The predicted molar refractivity (Wildman–Crippen MR) is 82.5 cm³/mol. The van der Waals surface area contributed by atoms with Crippen LogP contribution in [-0.4, -0.2) is 14.4 Å². The van der Waals surface area contributed by atoms with Gasteiger partial charge in [-0.05, 0) is 10.6 Å². The molecule has 1 atom stereocenters. The van der Waals surface area contributed by atoms with Gasteiger partial charge in [-0.1, -0.05) is 76.3 Å². The first-order valence-electron chi connectivity index (χ1n) is 6.47. The molecule has 0 bridgehead atoms. The summed E-state index contributed by atoms with van der Waals surface area (Å²) in [5, 5.41) is 0.222. The number of allylic oxidation sites excluding steroid dienone is 1. The Balaban J connectivity index is 2.93. The molecule has 0 N–H and O–H groups in total. The molecule has 0 fully saturated rings. The largest absolute Gasteiger partial charge is 0.303 e. The molecule has 1 aromatic carbocycles. The molecule has 98 valence electrons. The Labute approximate surface area is 112 Å². The van der Waals surface area contributed by atoms with E-state index in [0.29, 0.717) is 0 Å². The lowest BCUT2D eigenvalue weighted by molar-refractivity contribution is -0.107. The minimum atomic E-state index is -1.64. The Kier molecular flexibility index (Phi) is 4.69. The van der Waals surface area contributed by atoms with Gasteiger partial charge in [0, 0.05) is 5.54 Å². The predicted octanol–water partition coefficient (Wildman–Crippen LogP) is 4.78. The van der Waals surface area contributed by atoms with Crippen LogP contribution in [0, 0.1) is 0 Å². The van der Waals surface area contributed by atoms with Crippen LogP contribution >= 0.6 is 0 Å². The van der Waals surface area contributed by atoms with Crippen molar-refractivity contribution >= 4 is 20.4 Å². The van der Waals surface area contributed by atoms with Crippen LogP contribution in [0.1, 0.15) is 26.3 Å². The van der Waals surface area contributed by atoms with Crippen LogP contribution < -0.4 is 0 Å². The molecule has 0 aromatic heterocycles. The van der Waals surface area contributed by atoms with Gasteiger partial charge in [0.2, 0.25) is 0 Å². The molecule has 0 amide bonds. The van der Waals surface area contributed by atoms with Gasteiger partial charge in [0.25, 0.3) is 0 Å². The Bertz CT molecular complexity index is 412. The third kappa shape index (κ3) is 3.42. The van der Waals surface area contributed by atoms with Crippen LogP contribution in [0.5, 0.6) is 0 Å². The zero-order valence-electron chi connectivity index (χ0n) is 12.1. The summed E-state index contributed by atoms with van der Waals surface area (Å²) in [6.45, 7) is 11.3. The van der Waals surface area contributed by atoms with E-state index in [1.165, 1.54) is 0 Å². The van der Waals surface area contributed by atoms with Crippen molar-refractivity contribution in [1.82, 2.24) is 0 Å². The number of carbonyl (C=O) groups is 1. The van der Waals surface area contributed by atoms with Crippen molar-refractivity contribution in [2.24, 2.45) is 0 Å². The maximum atomic E-state index is 11.4. The Hall–Kier alpha value is -1.15. The number of benzene rings is 1. The maximum Gasteiger partial charge on any atom is 0.124 e. The van der Waals surface area contributed by atoms with Gasteiger partial charge < -0.3 is 4.79 Å². The van der Waals surface area contributed by atoms with Gasteiger partial charge in [-0.3, -0.25) is 0 Å². The van der Waals surface area contributed by atoms with Gasteiger partial charge in [-0.2, -0.15) is 0 Å². The Morgan fingerprint density at radius 3 is 2.11 bits per heavy atom. The number of aldehydes is 1. The molecule has 0 aliphatic rings. The quantitative estimate of drug-likeness (QED) is 0.562. The van der Waals surface area contributed by atoms with E-state index in [-0.39, 0.29) is 10.6 Å². The molecule has 18 heavy (non-hydrogen) atoms. The lowest BCUT2D eigenvalue weighted by atomic mass is 10.2. The van der Waals surface area contributed by atoms with E-state index in [2.05, 4.69) is 58.2 Å². The van der Waals surface area contributed by atoms with E-state index < -0.39 is 8.07 Å². The van der Waals surface area contributed by atoms with Gasteiger partial charge in [-0.25, -0.2) is 0 Å². The second-order valence-corrected chi connectivity index (χ2v) is 12.0. The van der Waals surface area contributed by atoms with Gasteiger partial charge in [0.05, 0.1) is 8.07 Å². The van der Waals surface area contributed by atoms with E-state index in [9.17, 15) is 4.79 Å². The average molecular weight is 260 g/mol. The topological polar surface area (TPSA) is 17.1 Å². The fourth-order valence-electron chi connectivity index (χ4n) is 1.73. The van der Waals surface area contributed by atoms with E-state index in [4.69, 9.17) is 0 Å². The summed E-state index contributed by atoms with van der Waals surface area (Å²) in [5.74, 6) is 0. The summed E-state index contributed by atoms with van der Waals surface area (Å²) in [4.78, 5) is 11.4. The van der Waals surface area contributed by atoms with Crippen LogP contribution in [0.25, 0.3) is 6.08 Å². The Morgan fingerprint density at radius 2 is 1.67 bits per heavy atom. The standard InChI is InChI=1S/C16H24OSi/c1-16(2,3)18(4,5)15(13-17)12-11-14-9-7-6-8-10-14/h6-13,15H,1-5H3/b12-11+. The van der Waals surface area contributed by atoms with Crippen LogP contribution in [-0.2, 0) is 4.79 Å². The monoisotopic (exact) mass is 260 g/mol. The summed E-state index contributed by atoms with van der Waals surface area (Å²) < 4.78 is 0. The molecule has 0 aliphatic carbocycles. The van der Waals surface area contributed by atoms with Gasteiger partial charge in [-0.15, -0.1) is 0 Å². The third-order valence-electron chi connectivity index (χ3n) is 4.21. The van der Waals surface area contributed by atoms with Crippen LogP contribution in [0.4, 0.5) is 0 Å². The first kappa shape index (κ1) is 14.9. The fraction of sp³-hybridized carbons (Fsp3) is 0.438. The smallest absolute Gasteiger partial charge is 0.124 e. The van der Waals surface area contributed by atoms with E-state index in [1.54, 1.807) is 0 Å². The second kappa shape index (κ2) is 5.66. The zero-order chi connectivity index (χ0) is 13.8. The average Bonchev–Trinajstić information content (AvgIpc) is 2.29. The minimum Gasteiger partial charge on any atom is -0.303 e. The third-order valence-corrected chi connectivity index (χ3v) is 10.1. The number of hydrogen-bond acceptors (Lipinski definition) is 1. The summed E-state index contributed by atoms with van der Waals surface area (Å²) in [7, 11) is -1.64. The molecule has 1 aromatic rings. The van der Waals surface area contributed by atoms with E-state index in [0.717, 1.165) is 11.8 Å². The van der Waals surface area contributed by atoms with Crippen LogP contribution in [0.2, 0.25) is 23.7 Å². The minimum absolute atomic E-state index is 0.0673. The lowest BCUT2D eigenvalue weighted by Gasteiger charge is -2.39. The van der Waals surface area contributed by atoms with Crippen LogP contribution in [0.3, 0.4) is 0 Å². The molecule has 1 nitrogen and oxygen atoms in total. The lowest BCUT2D eigenvalue weighted by Crippen LogP contribution is -2.42. The highest BCUT2D eigenvalue weighted by Gasteiger charge is 2.40. The molecule has 0 aliphatic heterocycles. The molecule has 2 heteroatoms. The molecule has 1 rings (SSSR count). The van der Waals surface area contributed by atoms with E-state index >= 15 is 0 Å². The van der Waals surface area contributed by atoms with Crippen molar-refractivity contribution in [3.8, 4) is 0 Å². The Morgan fingerprint density at radius 1 is 1.11 bits per heavy atom. The molecular weight excluding hydrogens is 236 g/mol. The fourth-order valence-corrected chi connectivity index (χ4v) is 3.65.